The van der Waals surface area contributed by atoms with Crippen LogP contribution in [-0.2, 0) is 27.3 Å². The van der Waals surface area contributed by atoms with Crippen molar-refractivity contribution in [2.45, 2.75) is 62.0 Å². The van der Waals surface area contributed by atoms with Gasteiger partial charge in [0.2, 0.25) is 0 Å². The molecule has 0 unspecified atom stereocenters. The fourth-order valence-electron chi connectivity index (χ4n) is 4.90. The Hall–Kier alpha value is -2.42. The summed E-state index contributed by atoms with van der Waals surface area (Å²) in [5, 5.41) is 24.1. The molecule has 224 valence electrons. The molecule has 0 aromatic carbocycles. The Kier molecular flexibility index (Phi) is 10.8. The summed E-state index contributed by atoms with van der Waals surface area (Å²) in [4.78, 5) is 42.9. The lowest BCUT2D eigenvalue weighted by molar-refractivity contribution is -0.709. The minimum Gasteiger partial charge on any atom is -0.548 e. The molecular weight excluding hydrogens is 641 g/mol. The molecule has 4 N–H and O–H groups in total. The number of nitrogens with zero attached hydrogens (tertiary/aromatic N) is 3. The molecule has 2 aliphatic rings. The van der Waals surface area contributed by atoms with Gasteiger partial charge in [-0.1, -0.05) is 35.4 Å². The van der Waals surface area contributed by atoms with Gasteiger partial charge in [-0.05, 0) is 29.7 Å². The van der Waals surface area contributed by atoms with Crippen molar-refractivity contribution >= 4 is 81.8 Å². The van der Waals surface area contributed by atoms with E-state index in [2.05, 4.69) is 14.9 Å². The number of carboxylic acid groups (broad SMARTS) is 2. The van der Waals surface area contributed by atoms with Crippen LogP contribution in [0.3, 0.4) is 0 Å². The zero-order valence-corrected chi connectivity index (χ0v) is 26.7. The number of fused-ring (bicyclic) bond motifs is 1. The van der Waals surface area contributed by atoms with Gasteiger partial charge in [0.1, 0.15) is 34.0 Å². The normalized spacial score (nSPS) is 18.8. The number of nitrogens with one attached hydrogen (secondary N) is 1. The SMILES string of the molecule is Cc1cc(SCC2=C(C(=O)O)N3C(=O)[C@@H](NC(=S)Cc4cc(Cl)nc(Cl)c4)[C@H]3SC2)cc(C)[n+]1CCC[C@H](N)C(=O)[O-]. The van der Waals surface area contributed by atoms with Crippen molar-refractivity contribution in [3.63, 3.8) is 0 Å². The Balaban J connectivity index is 1.39. The van der Waals surface area contributed by atoms with Crippen LogP contribution in [0, 0.1) is 13.8 Å². The molecule has 0 radical (unpaired) electrons. The Morgan fingerprint density at radius 1 is 1.29 bits per heavy atom. The molecule has 2 aromatic heterocycles. The van der Waals surface area contributed by atoms with Crippen LogP contribution in [-0.4, -0.2) is 66.8 Å². The van der Waals surface area contributed by atoms with Crippen molar-refractivity contribution in [2.24, 2.45) is 5.73 Å². The molecule has 2 aliphatic heterocycles. The molecule has 10 nitrogen and oxygen atoms in total. The standard InChI is InChI=1S/C27H29Cl2N5O5S3/c1-13-6-17(7-14(2)33(13)5-3-4-18(30)26(36)37)41-11-16-12-42-25-22(24(35)34(25)23(16)27(38)39)32-21(40)10-15-8-19(28)31-20(29)9-15/h6-9,18,22,25H,3-5,10-12,30H2,1-2H3,(H2-,32,36,37,38,39,40)/t18-,22+,25+/m0/s1. The van der Waals surface area contributed by atoms with E-state index in [1.54, 1.807) is 12.1 Å². The van der Waals surface area contributed by atoms with E-state index in [0.29, 0.717) is 47.9 Å². The second kappa shape index (κ2) is 13.9. The first-order valence-corrected chi connectivity index (χ1v) is 16.2. The van der Waals surface area contributed by atoms with Crippen LogP contribution >= 0.6 is 58.9 Å². The monoisotopic (exact) mass is 669 g/mol. The molecule has 0 spiro atoms. The molecule has 1 amide bonds. The fourth-order valence-corrected chi connectivity index (χ4v) is 8.26. The fraction of sp³-hybridized carbons (Fsp3) is 0.407. The van der Waals surface area contributed by atoms with E-state index >= 15 is 0 Å². The Labute approximate surface area is 267 Å². The van der Waals surface area contributed by atoms with E-state index < -0.39 is 24.0 Å². The van der Waals surface area contributed by atoms with E-state index in [1.165, 1.54) is 28.4 Å². The first kappa shape index (κ1) is 32.5. The number of β-lactam (4-membered cyclic amide) rings is 1. The van der Waals surface area contributed by atoms with Crippen LogP contribution in [0.2, 0.25) is 10.3 Å². The maximum absolute atomic E-state index is 13.1. The summed E-state index contributed by atoms with van der Waals surface area (Å²) in [5.74, 6) is -1.86. The molecule has 0 aliphatic carbocycles. The molecule has 1 saturated heterocycles. The van der Waals surface area contributed by atoms with Crippen LogP contribution < -0.4 is 20.7 Å². The number of hydrogen-bond acceptors (Lipinski definition) is 9. The van der Waals surface area contributed by atoms with Crippen LogP contribution in [0.1, 0.15) is 29.8 Å². The third kappa shape index (κ3) is 7.56. The molecule has 15 heteroatoms. The van der Waals surface area contributed by atoms with Crippen molar-refractivity contribution < 1.29 is 29.2 Å². The van der Waals surface area contributed by atoms with E-state index in [0.717, 1.165) is 21.8 Å². The third-order valence-electron chi connectivity index (χ3n) is 6.92. The molecule has 3 atom stereocenters. The van der Waals surface area contributed by atoms with Gasteiger partial charge in [-0.25, -0.2) is 14.3 Å². The topological polar surface area (TPSA) is 153 Å². The predicted octanol–water partition coefficient (Wildman–Crippen LogP) is 2.02. The number of aryl methyl sites for hydroxylation is 2. The van der Waals surface area contributed by atoms with E-state index in [9.17, 15) is 24.6 Å². The zero-order chi connectivity index (χ0) is 30.7. The van der Waals surface area contributed by atoms with E-state index in [4.69, 9.17) is 41.2 Å². The van der Waals surface area contributed by atoms with Crippen LogP contribution in [0.5, 0.6) is 0 Å². The smallest absolute Gasteiger partial charge is 0.352 e. The van der Waals surface area contributed by atoms with Crippen molar-refractivity contribution in [1.29, 1.82) is 0 Å². The number of amides is 1. The summed E-state index contributed by atoms with van der Waals surface area (Å²) in [6, 6.07) is 5.69. The highest BCUT2D eigenvalue weighted by Gasteiger charge is 2.53. The number of halogens is 2. The number of rotatable bonds is 12. The largest absolute Gasteiger partial charge is 0.548 e. The maximum Gasteiger partial charge on any atom is 0.352 e. The predicted molar refractivity (Wildman–Crippen MR) is 164 cm³/mol. The quantitative estimate of drug-likeness (QED) is 0.100. The lowest BCUT2D eigenvalue weighted by Crippen LogP contribution is -2.70. The molecule has 42 heavy (non-hydrogen) atoms. The summed E-state index contributed by atoms with van der Waals surface area (Å²) in [6.45, 7) is 4.55. The van der Waals surface area contributed by atoms with Gasteiger partial charge in [-0.3, -0.25) is 9.69 Å². The lowest BCUT2D eigenvalue weighted by atomic mass is 10.0. The second-order valence-corrected chi connectivity index (χ2v) is 13.4. The van der Waals surface area contributed by atoms with Crippen molar-refractivity contribution in [2.75, 3.05) is 11.5 Å². The summed E-state index contributed by atoms with van der Waals surface area (Å²) in [7, 11) is 0. The van der Waals surface area contributed by atoms with Crippen molar-refractivity contribution in [3.8, 4) is 0 Å². The number of carboxylic acids is 2. The van der Waals surface area contributed by atoms with Gasteiger partial charge in [-0.15, -0.1) is 23.5 Å². The molecule has 4 rings (SSSR count). The minimum absolute atomic E-state index is 0.0246. The Bertz CT molecular complexity index is 1430. The number of carbonyl (C=O) groups excluding carboxylic acids is 2. The van der Waals surface area contributed by atoms with Gasteiger partial charge in [0.25, 0.3) is 5.91 Å². The summed E-state index contributed by atoms with van der Waals surface area (Å²) < 4.78 is 2.09. The van der Waals surface area contributed by atoms with Gasteiger partial charge in [0.05, 0.1) is 11.0 Å². The number of hydrogen-bond donors (Lipinski definition) is 3. The summed E-state index contributed by atoms with van der Waals surface area (Å²) in [5.41, 5.74) is 8.98. The Morgan fingerprint density at radius 2 is 1.93 bits per heavy atom. The molecule has 0 bridgehead atoms. The highest BCUT2D eigenvalue weighted by Crippen LogP contribution is 2.41. The van der Waals surface area contributed by atoms with Crippen LogP contribution in [0.15, 0.2) is 40.4 Å². The molecular formula is C27H29Cl2N5O5S3. The van der Waals surface area contributed by atoms with Gasteiger partial charge in [0, 0.05) is 61.3 Å². The molecule has 1 fully saturated rings. The summed E-state index contributed by atoms with van der Waals surface area (Å²) >= 11 is 20.4. The van der Waals surface area contributed by atoms with E-state index in [1.807, 2.05) is 26.0 Å². The average Bonchev–Trinajstić information content (AvgIpc) is 2.90. The number of aromatic nitrogens is 2. The average molecular weight is 671 g/mol. The highest BCUT2D eigenvalue weighted by molar-refractivity contribution is 8.01. The van der Waals surface area contributed by atoms with Gasteiger partial charge >= 0.3 is 5.97 Å². The number of thioether (sulfide) groups is 2. The minimum atomic E-state index is -1.25. The number of nitrogens with two attached hydrogens (primary N) is 1. The van der Waals surface area contributed by atoms with Crippen molar-refractivity contribution in [1.82, 2.24) is 15.2 Å². The zero-order valence-electron chi connectivity index (χ0n) is 22.8. The number of pyridine rings is 2. The third-order valence-corrected chi connectivity index (χ3v) is 9.97. The molecule has 0 saturated carbocycles. The Morgan fingerprint density at radius 3 is 2.52 bits per heavy atom. The number of carbonyl (C=O) groups is 3. The van der Waals surface area contributed by atoms with Crippen LogP contribution in [0.25, 0.3) is 0 Å². The number of thiocarbonyl (C=S) groups is 1. The second-order valence-electron chi connectivity index (χ2n) is 9.99. The first-order chi connectivity index (χ1) is 19.8. The van der Waals surface area contributed by atoms with Gasteiger partial charge < -0.3 is 26.1 Å². The molecule has 4 heterocycles. The van der Waals surface area contributed by atoms with Gasteiger partial charge in [0.15, 0.2) is 11.4 Å². The highest BCUT2D eigenvalue weighted by atomic mass is 35.5. The molecule has 2 aromatic rings. The lowest BCUT2D eigenvalue weighted by Gasteiger charge is -2.49. The maximum atomic E-state index is 13.1. The van der Waals surface area contributed by atoms with Gasteiger partial charge in [-0.2, -0.15) is 0 Å². The number of aliphatic carboxylic acids is 2. The van der Waals surface area contributed by atoms with Crippen molar-refractivity contribution in [3.05, 3.63) is 62.8 Å². The van der Waals surface area contributed by atoms with Crippen LogP contribution in [0.4, 0.5) is 0 Å². The first-order valence-electron chi connectivity index (χ1n) is 13.0. The summed E-state index contributed by atoms with van der Waals surface area (Å²) in [6.07, 6.45) is 1.23. The van der Waals surface area contributed by atoms with E-state index in [-0.39, 0.29) is 27.3 Å².